The molecule has 4 N–H and O–H groups in total. The summed E-state index contributed by atoms with van der Waals surface area (Å²) in [5.74, 6) is 5.74. The lowest BCUT2D eigenvalue weighted by Gasteiger charge is -2.08. The van der Waals surface area contributed by atoms with Crippen LogP contribution >= 0.6 is 0 Å². The van der Waals surface area contributed by atoms with Crippen molar-refractivity contribution < 1.29 is 13.3 Å². The molecule has 0 amide bonds. The molecule has 0 aliphatic heterocycles. The number of hydrogen-bond acceptors (Lipinski definition) is 6. The van der Waals surface area contributed by atoms with Crippen LogP contribution < -0.4 is 16.0 Å². The van der Waals surface area contributed by atoms with Crippen molar-refractivity contribution in [1.29, 1.82) is 0 Å². The average molecular weight is 300 g/mol. The maximum absolute atomic E-state index is 12.1. The number of anilines is 1. The van der Waals surface area contributed by atoms with Gasteiger partial charge in [0.2, 0.25) is 10.0 Å². The van der Waals surface area contributed by atoms with Gasteiger partial charge in [0.25, 0.3) is 5.69 Å². The van der Waals surface area contributed by atoms with Crippen molar-refractivity contribution in [3.8, 4) is 0 Å². The Labute approximate surface area is 116 Å². The van der Waals surface area contributed by atoms with E-state index in [9.17, 15) is 18.5 Å². The fourth-order valence-electron chi connectivity index (χ4n) is 1.86. The number of hydrogen-bond donors (Lipinski definition) is 3. The molecule has 1 aliphatic carbocycles. The monoisotopic (exact) mass is 300 g/mol. The van der Waals surface area contributed by atoms with Crippen LogP contribution in [0.25, 0.3) is 0 Å². The summed E-state index contributed by atoms with van der Waals surface area (Å²) in [6, 6.07) is 3.64. The van der Waals surface area contributed by atoms with Crippen molar-refractivity contribution in [2.45, 2.75) is 24.2 Å². The Hall–Kier alpha value is -1.71. The van der Waals surface area contributed by atoms with Crippen LogP contribution in [0.15, 0.2) is 23.1 Å². The number of benzene rings is 1. The first-order valence-electron chi connectivity index (χ1n) is 6.19. The molecule has 110 valence electrons. The van der Waals surface area contributed by atoms with Gasteiger partial charge in [-0.2, -0.15) is 0 Å². The number of hydrazine groups is 1. The third-order valence-electron chi connectivity index (χ3n) is 3.15. The second-order valence-electron chi connectivity index (χ2n) is 4.71. The van der Waals surface area contributed by atoms with Gasteiger partial charge in [-0.25, -0.2) is 13.1 Å². The van der Waals surface area contributed by atoms with E-state index >= 15 is 0 Å². The predicted octanol–water partition coefficient (Wildman–Crippen LogP) is 0.959. The van der Waals surface area contributed by atoms with Crippen LogP contribution in [0.4, 0.5) is 11.4 Å². The highest BCUT2D eigenvalue weighted by Gasteiger charge is 2.27. The lowest BCUT2D eigenvalue weighted by atomic mass is 10.3. The summed E-state index contributed by atoms with van der Waals surface area (Å²) in [5.41, 5.74) is 2.02. The highest BCUT2D eigenvalue weighted by Crippen LogP contribution is 2.32. The van der Waals surface area contributed by atoms with E-state index in [0.29, 0.717) is 12.5 Å². The minimum Gasteiger partial charge on any atom is -0.324 e. The molecule has 20 heavy (non-hydrogen) atoms. The molecule has 0 unspecified atom stereocenters. The van der Waals surface area contributed by atoms with Crippen molar-refractivity contribution >= 4 is 21.4 Å². The fraction of sp³-hybridized carbons (Fsp3) is 0.455. The molecule has 2 rings (SSSR count). The first-order valence-corrected chi connectivity index (χ1v) is 7.67. The maximum Gasteiger partial charge on any atom is 0.291 e. The Bertz CT molecular complexity index is 613. The largest absolute Gasteiger partial charge is 0.324 e. The van der Waals surface area contributed by atoms with Crippen LogP contribution in [0.2, 0.25) is 0 Å². The summed E-state index contributed by atoms with van der Waals surface area (Å²) in [6.45, 7) is 0.293. The van der Waals surface area contributed by atoms with Crippen molar-refractivity contribution in [3.05, 3.63) is 28.3 Å². The Balaban J connectivity index is 2.22. The molecule has 8 nitrogen and oxygen atoms in total. The minimum absolute atomic E-state index is 0.272. The van der Waals surface area contributed by atoms with Crippen LogP contribution in [-0.4, -0.2) is 19.9 Å². The first kappa shape index (κ1) is 14.7. The molecule has 0 radical (unpaired) electrons. The second kappa shape index (κ2) is 5.73. The number of nitrogens with two attached hydrogens (primary N) is 1. The third kappa shape index (κ3) is 3.44. The van der Waals surface area contributed by atoms with Crippen molar-refractivity contribution in [2.75, 3.05) is 12.0 Å². The number of rotatable bonds is 7. The van der Waals surface area contributed by atoms with E-state index in [0.717, 1.165) is 25.3 Å². The molecule has 0 aromatic heterocycles. The van der Waals surface area contributed by atoms with Crippen molar-refractivity contribution in [1.82, 2.24) is 4.72 Å². The zero-order chi connectivity index (χ0) is 14.8. The molecule has 0 bridgehead atoms. The van der Waals surface area contributed by atoms with Gasteiger partial charge >= 0.3 is 0 Å². The van der Waals surface area contributed by atoms with Gasteiger partial charge in [0.05, 0.1) is 10.6 Å². The number of nitrogen functional groups attached to an aromatic ring is 1. The van der Waals surface area contributed by atoms with Crippen LogP contribution in [0.5, 0.6) is 0 Å². The number of nitro benzene ring substituents is 1. The number of nitrogens with one attached hydrogen (secondary N) is 2. The highest BCUT2D eigenvalue weighted by atomic mass is 32.2. The SMILES string of the molecule is NNc1ccc(S(=O)(=O)NCCC2CC2)c([N+](=O)[O-])c1. The Morgan fingerprint density at radius 3 is 2.65 bits per heavy atom. The van der Waals surface area contributed by atoms with Crippen LogP contribution in [0.3, 0.4) is 0 Å². The summed E-state index contributed by atoms with van der Waals surface area (Å²) in [6.07, 6.45) is 3.01. The molecular weight excluding hydrogens is 284 g/mol. The van der Waals surface area contributed by atoms with Crippen LogP contribution in [0.1, 0.15) is 19.3 Å². The molecule has 0 spiro atoms. The Morgan fingerprint density at radius 1 is 1.40 bits per heavy atom. The summed E-state index contributed by atoms with van der Waals surface area (Å²) >= 11 is 0. The topological polar surface area (TPSA) is 127 Å². The zero-order valence-electron chi connectivity index (χ0n) is 10.7. The summed E-state index contributed by atoms with van der Waals surface area (Å²) < 4.78 is 26.6. The molecule has 1 aromatic carbocycles. The van der Waals surface area contributed by atoms with Crippen LogP contribution in [0, 0.1) is 16.0 Å². The normalized spacial score (nSPS) is 15.1. The van der Waals surface area contributed by atoms with E-state index in [1.54, 1.807) is 0 Å². The number of nitrogens with zero attached hydrogens (tertiary/aromatic N) is 1. The predicted molar refractivity (Wildman–Crippen MR) is 73.4 cm³/mol. The molecule has 0 saturated heterocycles. The summed E-state index contributed by atoms with van der Waals surface area (Å²) in [7, 11) is -3.89. The van der Waals surface area contributed by atoms with E-state index in [4.69, 9.17) is 5.84 Å². The Morgan fingerprint density at radius 2 is 2.10 bits per heavy atom. The van der Waals surface area contributed by atoms with Crippen molar-refractivity contribution in [3.63, 3.8) is 0 Å². The molecule has 1 aliphatic rings. The molecule has 0 atom stereocenters. The quantitative estimate of drug-likeness (QED) is 0.391. The zero-order valence-corrected chi connectivity index (χ0v) is 11.5. The average Bonchev–Trinajstić information content (AvgIpc) is 3.21. The lowest BCUT2D eigenvalue weighted by molar-refractivity contribution is -0.387. The molecule has 1 aromatic rings. The number of sulfonamides is 1. The maximum atomic E-state index is 12.1. The fourth-order valence-corrected chi connectivity index (χ4v) is 3.06. The van der Waals surface area contributed by atoms with Gasteiger partial charge in [-0.1, -0.05) is 12.8 Å². The van der Waals surface area contributed by atoms with E-state index in [-0.39, 0.29) is 10.6 Å². The second-order valence-corrected chi connectivity index (χ2v) is 6.45. The smallest absolute Gasteiger partial charge is 0.291 e. The Kier molecular flexibility index (Phi) is 4.21. The standard InChI is InChI=1S/C11H16N4O4S/c12-14-9-3-4-11(10(7-9)15(16)17)20(18,19)13-6-5-8-1-2-8/h3-4,7-8,13-14H,1-2,5-6,12H2. The van der Waals surface area contributed by atoms with Gasteiger partial charge in [-0.3, -0.25) is 16.0 Å². The van der Waals surface area contributed by atoms with Gasteiger partial charge < -0.3 is 5.43 Å². The third-order valence-corrected chi connectivity index (χ3v) is 4.66. The van der Waals surface area contributed by atoms with Gasteiger partial charge in [0.1, 0.15) is 0 Å². The first-order chi connectivity index (χ1) is 9.44. The molecule has 0 heterocycles. The van der Waals surface area contributed by atoms with E-state index < -0.39 is 20.6 Å². The molecule has 1 saturated carbocycles. The summed E-state index contributed by atoms with van der Waals surface area (Å²) in [4.78, 5) is 9.88. The van der Waals surface area contributed by atoms with Crippen LogP contribution in [-0.2, 0) is 10.0 Å². The molecule has 1 fully saturated rings. The van der Waals surface area contributed by atoms with Gasteiger partial charge in [0, 0.05) is 12.6 Å². The van der Waals surface area contributed by atoms with Crippen molar-refractivity contribution in [2.24, 2.45) is 11.8 Å². The van der Waals surface area contributed by atoms with Gasteiger partial charge in [0.15, 0.2) is 4.90 Å². The summed E-state index contributed by atoms with van der Waals surface area (Å²) in [5, 5.41) is 11.0. The number of nitro groups is 1. The van der Waals surface area contributed by atoms with E-state index in [1.807, 2.05) is 0 Å². The molecular formula is C11H16N4O4S. The minimum atomic E-state index is -3.89. The van der Waals surface area contributed by atoms with E-state index in [1.165, 1.54) is 12.1 Å². The lowest BCUT2D eigenvalue weighted by Crippen LogP contribution is -2.26. The van der Waals surface area contributed by atoms with Gasteiger partial charge in [-0.05, 0) is 24.5 Å². The van der Waals surface area contributed by atoms with E-state index in [2.05, 4.69) is 10.1 Å². The highest BCUT2D eigenvalue weighted by molar-refractivity contribution is 7.89. The van der Waals surface area contributed by atoms with Gasteiger partial charge in [-0.15, -0.1) is 0 Å². The molecule has 9 heteroatoms.